The van der Waals surface area contributed by atoms with E-state index in [4.69, 9.17) is 9.47 Å². The fourth-order valence-corrected chi connectivity index (χ4v) is 7.28. The summed E-state index contributed by atoms with van der Waals surface area (Å²) < 4.78 is 10.8. The second-order valence-electron chi connectivity index (χ2n) is 15.6. The second kappa shape index (κ2) is 20.8. The van der Waals surface area contributed by atoms with Gasteiger partial charge in [-0.1, -0.05) is 81.4 Å². The molecular weight excluding hydrogens is 753 g/mol. The topological polar surface area (TPSA) is 168 Å². The number of ether oxygens (including phenoxy) is 2. The van der Waals surface area contributed by atoms with E-state index >= 15 is 0 Å². The van der Waals surface area contributed by atoms with Gasteiger partial charge in [-0.2, -0.15) is 0 Å². The van der Waals surface area contributed by atoms with Gasteiger partial charge in [0, 0.05) is 51.6 Å². The molecule has 316 valence electrons. The number of benzene rings is 3. The van der Waals surface area contributed by atoms with Crippen molar-refractivity contribution in [1.82, 2.24) is 20.4 Å². The van der Waals surface area contributed by atoms with Gasteiger partial charge >= 0.3 is 5.97 Å². The highest BCUT2D eigenvalue weighted by atomic mass is 16.5. The molecule has 2 N–H and O–H groups in total. The summed E-state index contributed by atoms with van der Waals surface area (Å²) in [6.45, 7) is 10.4. The number of esters is 1. The normalized spacial score (nSPS) is 18.3. The molecule has 1 aliphatic heterocycles. The molecule has 13 nitrogen and oxygen atoms in total. The molecule has 0 fully saturated rings. The molecule has 0 aromatic heterocycles. The van der Waals surface area contributed by atoms with Crippen molar-refractivity contribution in [1.29, 1.82) is 0 Å². The van der Waals surface area contributed by atoms with Crippen molar-refractivity contribution >= 4 is 41.2 Å². The standard InChI is InChI=1S/C46H58N4O9/c1-10-41(53)49(7)38(26-59-25-32-14-12-11-13-15-32)44(55)47-31(6)39(51)21-30(5)45(56)50(8)42-34-19-17-28(3)36(24-34)35-22-33(18-16-27(35)2)23-37(46(57)58-9)48-43(54)29(4)20-40(42)52/h11-19,22,24,29-31,37-38,42H,10,20-21,23,25-26H2,1-9H3,(H,47,55)(H,48,54)/t29-,30+,31-,37+,38-,42+/m1/s1. The summed E-state index contributed by atoms with van der Waals surface area (Å²) in [4.78, 5) is 97.1. The number of fused-ring (bicyclic) bond motifs is 5. The summed E-state index contributed by atoms with van der Waals surface area (Å²) in [5.74, 6) is -5.03. The molecule has 0 spiro atoms. The smallest absolute Gasteiger partial charge is 0.328 e. The number of rotatable bonds is 14. The molecule has 13 heteroatoms. The fraction of sp³-hybridized carbons (Fsp3) is 0.457. The van der Waals surface area contributed by atoms with E-state index in [-0.39, 0.29) is 44.8 Å². The van der Waals surface area contributed by atoms with Gasteiger partial charge in [0.05, 0.1) is 26.4 Å². The first-order chi connectivity index (χ1) is 28.0. The van der Waals surface area contributed by atoms with Gasteiger partial charge in [0.1, 0.15) is 18.1 Å². The summed E-state index contributed by atoms with van der Waals surface area (Å²) in [5.41, 5.74) is 5.82. The number of aryl methyl sites for hydroxylation is 2. The van der Waals surface area contributed by atoms with Crippen molar-refractivity contribution in [3.8, 4) is 11.1 Å². The lowest BCUT2D eigenvalue weighted by Crippen LogP contribution is -2.53. The lowest BCUT2D eigenvalue weighted by atomic mass is 9.87. The number of carbonyl (C=O) groups excluding carboxylic acids is 7. The van der Waals surface area contributed by atoms with E-state index in [0.29, 0.717) is 5.56 Å². The number of carbonyl (C=O) groups is 7. The van der Waals surface area contributed by atoms with Crippen LogP contribution in [-0.4, -0.2) is 96.9 Å². The minimum absolute atomic E-state index is 0.100. The highest BCUT2D eigenvalue weighted by Crippen LogP contribution is 2.34. The Balaban J connectivity index is 1.56. The third kappa shape index (κ3) is 11.7. The van der Waals surface area contributed by atoms with E-state index in [2.05, 4.69) is 10.6 Å². The van der Waals surface area contributed by atoms with E-state index in [1.807, 2.05) is 74.5 Å². The number of hydrogen-bond donors (Lipinski definition) is 2. The summed E-state index contributed by atoms with van der Waals surface area (Å²) in [7, 11) is 4.27. The van der Waals surface area contributed by atoms with Gasteiger partial charge in [-0.05, 0) is 65.8 Å². The highest BCUT2D eigenvalue weighted by Gasteiger charge is 2.36. The molecule has 0 unspecified atom stereocenters. The Morgan fingerprint density at radius 2 is 1.54 bits per heavy atom. The van der Waals surface area contributed by atoms with Crippen molar-refractivity contribution in [2.75, 3.05) is 27.8 Å². The molecule has 1 heterocycles. The Labute approximate surface area is 347 Å². The first-order valence-corrected chi connectivity index (χ1v) is 20.1. The van der Waals surface area contributed by atoms with Crippen LogP contribution in [0.15, 0.2) is 66.7 Å². The maximum Gasteiger partial charge on any atom is 0.328 e. The molecule has 4 bridgehead atoms. The largest absolute Gasteiger partial charge is 0.467 e. The zero-order valence-electron chi connectivity index (χ0n) is 35.6. The number of nitrogens with zero attached hydrogens (tertiary/aromatic N) is 2. The number of amides is 4. The fourth-order valence-electron chi connectivity index (χ4n) is 7.28. The number of ketones is 2. The quantitative estimate of drug-likeness (QED) is 0.217. The van der Waals surface area contributed by atoms with E-state index in [1.165, 1.54) is 37.9 Å². The van der Waals surface area contributed by atoms with Crippen LogP contribution in [0.1, 0.15) is 80.8 Å². The summed E-state index contributed by atoms with van der Waals surface area (Å²) in [5, 5.41) is 5.48. The Morgan fingerprint density at radius 3 is 2.19 bits per heavy atom. The monoisotopic (exact) mass is 810 g/mol. The maximum atomic E-state index is 14.3. The van der Waals surface area contributed by atoms with E-state index in [0.717, 1.165) is 33.4 Å². The number of Topliss-reactive ketones (excluding diaryl/α,β-unsaturated/α-hetero) is 2. The zero-order chi connectivity index (χ0) is 43.6. The van der Waals surface area contributed by atoms with Gasteiger partial charge in [-0.25, -0.2) is 4.79 Å². The van der Waals surface area contributed by atoms with Gasteiger partial charge < -0.3 is 29.9 Å². The first-order valence-electron chi connectivity index (χ1n) is 20.1. The van der Waals surface area contributed by atoms with Gasteiger partial charge in [0.2, 0.25) is 23.6 Å². The van der Waals surface area contributed by atoms with Crippen LogP contribution in [0.5, 0.6) is 0 Å². The molecule has 0 aliphatic carbocycles. The van der Waals surface area contributed by atoms with Crippen molar-refractivity contribution in [2.45, 2.75) is 98.0 Å². The van der Waals surface area contributed by atoms with Crippen LogP contribution >= 0.6 is 0 Å². The Bertz CT molecular complexity index is 2030. The molecule has 4 rings (SSSR count). The average molecular weight is 811 g/mol. The molecule has 0 radical (unpaired) electrons. The Morgan fingerprint density at radius 1 is 0.898 bits per heavy atom. The molecule has 3 aromatic rings. The van der Waals surface area contributed by atoms with E-state index in [1.54, 1.807) is 26.8 Å². The third-order valence-corrected chi connectivity index (χ3v) is 11.0. The molecular formula is C46H58N4O9. The summed E-state index contributed by atoms with van der Waals surface area (Å²) in [6, 6.07) is 16.6. The number of hydrogen-bond acceptors (Lipinski definition) is 9. The van der Waals surface area contributed by atoms with Crippen LogP contribution in [0.2, 0.25) is 0 Å². The molecule has 0 saturated heterocycles. The zero-order valence-corrected chi connectivity index (χ0v) is 35.6. The first kappa shape index (κ1) is 46.0. The van der Waals surface area contributed by atoms with Crippen LogP contribution in [0.25, 0.3) is 11.1 Å². The lowest BCUT2D eigenvalue weighted by molar-refractivity contribution is -0.146. The average Bonchev–Trinajstić information content (AvgIpc) is 3.22. The third-order valence-electron chi connectivity index (χ3n) is 11.0. The number of likely N-dealkylation sites (N-methyl/N-ethyl adjacent to an activating group) is 2. The van der Waals surface area contributed by atoms with Gasteiger partial charge in [0.25, 0.3) is 0 Å². The Hall–Kier alpha value is -5.69. The summed E-state index contributed by atoms with van der Waals surface area (Å²) in [6.07, 6.45) is -0.133. The maximum absolute atomic E-state index is 14.3. The second-order valence-corrected chi connectivity index (χ2v) is 15.6. The van der Waals surface area contributed by atoms with Gasteiger partial charge in [-0.15, -0.1) is 0 Å². The SMILES string of the molecule is CCC(=O)N(C)[C@H](COCc1ccccc1)C(=O)N[C@H](C)C(=O)C[C@H](C)C(=O)N(C)[C@@H]1C(=O)C[C@@H](C)C(=O)N[C@H](C(=O)OC)Cc2ccc(C)c(c2)-c2cc1ccc2C. The van der Waals surface area contributed by atoms with Crippen molar-refractivity contribution in [3.63, 3.8) is 0 Å². The van der Waals surface area contributed by atoms with E-state index in [9.17, 15) is 33.6 Å². The van der Waals surface area contributed by atoms with Crippen LogP contribution in [0, 0.1) is 25.7 Å². The molecule has 3 aromatic carbocycles. The van der Waals surface area contributed by atoms with Crippen LogP contribution < -0.4 is 10.6 Å². The molecule has 0 saturated carbocycles. The summed E-state index contributed by atoms with van der Waals surface area (Å²) >= 11 is 0. The molecule has 4 amide bonds. The minimum atomic E-state index is -1.11. The van der Waals surface area contributed by atoms with Gasteiger partial charge in [-0.3, -0.25) is 28.8 Å². The van der Waals surface area contributed by atoms with E-state index < -0.39 is 71.3 Å². The van der Waals surface area contributed by atoms with Crippen molar-refractivity contribution in [2.24, 2.45) is 11.8 Å². The van der Waals surface area contributed by atoms with Crippen LogP contribution in [0.3, 0.4) is 0 Å². The Kier molecular flexibility index (Phi) is 16.2. The van der Waals surface area contributed by atoms with Crippen LogP contribution in [0.4, 0.5) is 0 Å². The highest BCUT2D eigenvalue weighted by molar-refractivity contribution is 5.97. The molecule has 1 aliphatic rings. The predicted octanol–water partition coefficient (Wildman–Crippen LogP) is 4.83. The number of methoxy groups -OCH3 is 1. The lowest BCUT2D eigenvalue weighted by Gasteiger charge is -2.31. The molecule has 59 heavy (non-hydrogen) atoms. The number of nitrogens with one attached hydrogen (secondary N) is 2. The van der Waals surface area contributed by atoms with Crippen molar-refractivity contribution in [3.05, 3.63) is 94.5 Å². The van der Waals surface area contributed by atoms with Crippen LogP contribution in [-0.2, 0) is 56.1 Å². The minimum Gasteiger partial charge on any atom is -0.467 e. The predicted molar refractivity (Wildman–Crippen MR) is 223 cm³/mol. The van der Waals surface area contributed by atoms with Crippen molar-refractivity contribution < 1.29 is 43.0 Å². The van der Waals surface area contributed by atoms with Gasteiger partial charge in [0.15, 0.2) is 11.6 Å². The molecule has 6 atom stereocenters.